The first kappa shape index (κ1) is 13.5. The monoisotopic (exact) mass is 268 g/mol. The van der Waals surface area contributed by atoms with Crippen molar-refractivity contribution in [1.82, 2.24) is 9.80 Å². The highest BCUT2D eigenvalue weighted by Gasteiger charge is 2.31. The maximum atomic E-state index is 11.1. The van der Waals surface area contributed by atoms with Crippen molar-refractivity contribution in [1.29, 1.82) is 0 Å². The molecule has 0 saturated carbocycles. The molecule has 0 amide bonds. The maximum absolute atomic E-state index is 11.1. The molecule has 1 aromatic rings. The largest absolute Gasteiger partial charge is 0.477 e. The van der Waals surface area contributed by atoms with Gasteiger partial charge in [0.2, 0.25) is 0 Å². The maximum Gasteiger partial charge on any atom is 0.346 e. The number of likely N-dealkylation sites (N-methyl/N-ethyl adjacent to an activating group) is 1. The lowest BCUT2D eigenvalue weighted by molar-refractivity contribution is 0.0700. The predicted octanol–water partition coefficient (Wildman–Crippen LogP) is 1.83. The first-order valence-corrected chi connectivity index (χ1v) is 7.05. The molecule has 1 aliphatic heterocycles. The summed E-state index contributed by atoms with van der Waals surface area (Å²) in [6, 6.07) is 2.50. The SMILES string of the molecule is CC1CN(Cc2ccsc2C(=O)O)CC1N(C)C. The number of likely N-dealkylation sites (tertiary alicyclic amines) is 1. The van der Waals surface area contributed by atoms with Crippen LogP contribution in [0.25, 0.3) is 0 Å². The molecule has 1 saturated heterocycles. The van der Waals surface area contributed by atoms with Gasteiger partial charge in [-0.1, -0.05) is 6.92 Å². The summed E-state index contributed by atoms with van der Waals surface area (Å²) in [6.07, 6.45) is 0. The molecule has 1 N–H and O–H groups in total. The Labute approximate surface area is 112 Å². The number of carboxylic acid groups (broad SMARTS) is 1. The molecule has 1 aromatic heterocycles. The third kappa shape index (κ3) is 2.74. The van der Waals surface area contributed by atoms with E-state index in [9.17, 15) is 4.79 Å². The highest BCUT2D eigenvalue weighted by atomic mass is 32.1. The first-order valence-electron chi connectivity index (χ1n) is 6.17. The van der Waals surface area contributed by atoms with E-state index in [0.29, 0.717) is 16.8 Å². The van der Waals surface area contributed by atoms with Crippen LogP contribution in [0.5, 0.6) is 0 Å². The summed E-state index contributed by atoms with van der Waals surface area (Å²) in [5.41, 5.74) is 0.944. The van der Waals surface area contributed by atoms with Gasteiger partial charge in [0, 0.05) is 25.7 Å². The van der Waals surface area contributed by atoms with E-state index in [4.69, 9.17) is 5.11 Å². The minimum absolute atomic E-state index is 0.482. The molecule has 0 radical (unpaired) electrons. The number of carboxylic acids is 1. The molecular formula is C13H20N2O2S. The van der Waals surface area contributed by atoms with Crippen LogP contribution < -0.4 is 0 Å². The summed E-state index contributed by atoms with van der Waals surface area (Å²) in [5.74, 6) is -0.177. The van der Waals surface area contributed by atoms with E-state index in [1.165, 1.54) is 11.3 Å². The van der Waals surface area contributed by atoms with Gasteiger partial charge in [0.1, 0.15) is 4.88 Å². The summed E-state index contributed by atoms with van der Waals surface area (Å²) in [6.45, 7) is 5.07. The lowest BCUT2D eigenvalue weighted by atomic mass is 10.1. The summed E-state index contributed by atoms with van der Waals surface area (Å²) in [7, 11) is 4.22. The number of thiophene rings is 1. The van der Waals surface area contributed by atoms with Crippen molar-refractivity contribution in [2.24, 2.45) is 5.92 Å². The van der Waals surface area contributed by atoms with E-state index in [1.807, 2.05) is 11.4 Å². The molecule has 18 heavy (non-hydrogen) atoms. The summed E-state index contributed by atoms with van der Waals surface area (Å²) in [5, 5.41) is 11.0. The molecule has 0 bridgehead atoms. The molecule has 2 atom stereocenters. The Morgan fingerprint density at radius 1 is 1.56 bits per heavy atom. The fourth-order valence-electron chi connectivity index (χ4n) is 2.74. The van der Waals surface area contributed by atoms with Crippen LogP contribution in [0.2, 0.25) is 0 Å². The molecule has 5 heteroatoms. The quantitative estimate of drug-likeness (QED) is 0.905. The van der Waals surface area contributed by atoms with Crippen molar-refractivity contribution >= 4 is 17.3 Å². The highest BCUT2D eigenvalue weighted by Crippen LogP contribution is 2.24. The summed E-state index contributed by atoms with van der Waals surface area (Å²) >= 11 is 1.31. The van der Waals surface area contributed by atoms with E-state index in [0.717, 1.165) is 25.2 Å². The number of hydrogen-bond donors (Lipinski definition) is 1. The smallest absolute Gasteiger partial charge is 0.346 e. The van der Waals surface area contributed by atoms with Crippen LogP contribution in [0.3, 0.4) is 0 Å². The average Bonchev–Trinajstić information content (AvgIpc) is 2.85. The molecule has 2 unspecified atom stereocenters. The number of rotatable bonds is 4. The molecule has 1 fully saturated rings. The Kier molecular flexibility index (Phi) is 4.04. The first-order chi connectivity index (χ1) is 8.49. The van der Waals surface area contributed by atoms with Gasteiger partial charge in [-0.05, 0) is 37.0 Å². The van der Waals surface area contributed by atoms with E-state index < -0.39 is 5.97 Å². The summed E-state index contributed by atoms with van der Waals surface area (Å²) < 4.78 is 0. The zero-order valence-electron chi connectivity index (χ0n) is 11.1. The van der Waals surface area contributed by atoms with Crippen LogP contribution in [0.4, 0.5) is 0 Å². The lowest BCUT2D eigenvalue weighted by Crippen LogP contribution is -2.34. The van der Waals surface area contributed by atoms with Crippen molar-refractivity contribution in [3.63, 3.8) is 0 Å². The molecule has 1 aliphatic rings. The number of hydrogen-bond acceptors (Lipinski definition) is 4. The number of carbonyl (C=O) groups is 1. The fourth-order valence-corrected chi connectivity index (χ4v) is 3.49. The second-order valence-corrected chi connectivity index (χ2v) is 6.20. The lowest BCUT2D eigenvalue weighted by Gasteiger charge is -2.22. The van der Waals surface area contributed by atoms with E-state index in [1.54, 1.807) is 0 Å². The molecular weight excluding hydrogens is 248 g/mol. The van der Waals surface area contributed by atoms with Gasteiger partial charge in [0.25, 0.3) is 0 Å². The van der Waals surface area contributed by atoms with Gasteiger partial charge < -0.3 is 10.0 Å². The number of aromatic carboxylic acids is 1. The van der Waals surface area contributed by atoms with Gasteiger partial charge in [0.05, 0.1) is 0 Å². The van der Waals surface area contributed by atoms with Gasteiger partial charge in [-0.3, -0.25) is 4.90 Å². The topological polar surface area (TPSA) is 43.8 Å². The van der Waals surface area contributed by atoms with Gasteiger partial charge >= 0.3 is 5.97 Å². The Morgan fingerprint density at radius 3 is 2.83 bits per heavy atom. The van der Waals surface area contributed by atoms with E-state index >= 15 is 0 Å². The average molecular weight is 268 g/mol. The van der Waals surface area contributed by atoms with Crippen LogP contribution in [-0.4, -0.2) is 54.1 Å². The summed E-state index contributed by atoms with van der Waals surface area (Å²) in [4.78, 5) is 16.2. The van der Waals surface area contributed by atoms with Crippen molar-refractivity contribution < 1.29 is 9.90 Å². The van der Waals surface area contributed by atoms with Gasteiger partial charge in [0.15, 0.2) is 0 Å². The normalized spacial score (nSPS) is 24.9. The van der Waals surface area contributed by atoms with Gasteiger partial charge in [-0.25, -0.2) is 4.79 Å². The fraction of sp³-hybridized carbons (Fsp3) is 0.615. The Balaban J connectivity index is 2.03. The van der Waals surface area contributed by atoms with E-state index in [-0.39, 0.29) is 0 Å². The van der Waals surface area contributed by atoms with Crippen LogP contribution in [0.1, 0.15) is 22.2 Å². The standard InChI is InChI=1S/C13H20N2O2S/c1-9-6-15(8-11(9)14(2)3)7-10-4-5-18-12(10)13(16)17/h4-5,9,11H,6-8H2,1-3H3,(H,16,17). The van der Waals surface area contributed by atoms with Crippen LogP contribution in [0.15, 0.2) is 11.4 Å². The zero-order chi connectivity index (χ0) is 13.3. The second kappa shape index (κ2) is 5.38. The Hall–Kier alpha value is -0.910. The zero-order valence-corrected chi connectivity index (χ0v) is 11.9. The molecule has 2 rings (SSSR count). The van der Waals surface area contributed by atoms with Crippen LogP contribution in [0, 0.1) is 5.92 Å². The molecule has 0 aliphatic carbocycles. The molecule has 2 heterocycles. The Morgan fingerprint density at radius 2 is 2.28 bits per heavy atom. The van der Waals surface area contributed by atoms with Crippen molar-refractivity contribution in [2.45, 2.75) is 19.5 Å². The predicted molar refractivity (Wildman–Crippen MR) is 73.2 cm³/mol. The Bertz CT molecular complexity index is 430. The third-order valence-corrected chi connectivity index (χ3v) is 4.59. The second-order valence-electron chi connectivity index (χ2n) is 5.28. The minimum atomic E-state index is -0.809. The number of nitrogens with zero attached hydrogens (tertiary/aromatic N) is 2. The molecule has 100 valence electrons. The minimum Gasteiger partial charge on any atom is -0.477 e. The van der Waals surface area contributed by atoms with Crippen LogP contribution in [-0.2, 0) is 6.54 Å². The van der Waals surface area contributed by atoms with Gasteiger partial charge in [-0.15, -0.1) is 11.3 Å². The van der Waals surface area contributed by atoms with Crippen molar-refractivity contribution in [2.75, 3.05) is 27.2 Å². The molecule has 0 spiro atoms. The molecule has 4 nitrogen and oxygen atoms in total. The third-order valence-electron chi connectivity index (χ3n) is 3.65. The van der Waals surface area contributed by atoms with Crippen molar-refractivity contribution in [3.05, 3.63) is 21.9 Å². The molecule has 0 aromatic carbocycles. The highest BCUT2D eigenvalue weighted by molar-refractivity contribution is 7.12. The van der Waals surface area contributed by atoms with Crippen molar-refractivity contribution in [3.8, 4) is 0 Å². The van der Waals surface area contributed by atoms with Crippen LogP contribution >= 0.6 is 11.3 Å². The van der Waals surface area contributed by atoms with E-state index in [2.05, 4.69) is 30.8 Å². The van der Waals surface area contributed by atoms with Gasteiger partial charge in [-0.2, -0.15) is 0 Å².